The van der Waals surface area contributed by atoms with Crippen LogP contribution in [-0.4, -0.2) is 17.6 Å². The maximum absolute atomic E-state index is 10.9. The first-order valence-corrected chi connectivity index (χ1v) is 6.35. The van der Waals surface area contributed by atoms with Gasteiger partial charge in [-0.05, 0) is 26.0 Å². The lowest BCUT2D eigenvalue weighted by Crippen LogP contribution is -2.21. The van der Waals surface area contributed by atoms with Gasteiger partial charge in [0, 0.05) is 5.56 Å². The fraction of sp³-hybridized carbons (Fsp3) is 0.231. The minimum atomic E-state index is -1.18. The lowest BCUT2D eigenvalue weighted by molar-refractivity contribution is -0.254. The minimum Gasteiger partial charge on any atom is -0.544 e. The molecule has 1 heterocycles. The number of aromatic carboxylic acids is 1. The number of rotatable bonds is 4. The van der Waals surface area contributed by atoms with Crippen LogP contribution in [0.5, 0.6) is 5.75 Å². The van der Waals surface area contributed by atoms with Gasteiger partial charge in [-0.3, -0.25) is 0 Å². The molecule has 0 unspecified atom stereocenters. The van der Waals surface area contributed by atoms with Crippen LogP contribution in [-0.2, 0) is 0 Å². The third-order valence-electron chi connectivity index (χ3n) is 2.37. The number of benzene rings is 1. The predicted octanol–water partition coefficient (Wildman–Crippen LogP) is 1.88. The van der Waals surface area contributed by atoms with E-state index in [1.807, 2.05) is 31.2 Å². The summed E-state index contributed by atoms with van der Waals surface area (Å²) in [5, 5.41) is 11.5. The van der Waals surface area contributed by atoms with E-state index in [1.54, 1.807) is 6.92 Å². The number of carboxylic acids is 1. The highest BCUT2D eigenvalue weighted by Crippen LogP contribution is 2.29. The van der Waals surface area contributed by atoms with Crippen molar-refractivity contribution in [2.45, 2.75) is 13.8 Å². The van der Waals surface area contributed by atoms with Crippen LogP contribution in [0.3, 0.4) is 0 Å². The summed E-state index contributed by atoms with van der Waals surface area (Å²) in [6, 6.07) is 7.43. The summed E-state index contributed by atoms with van der Waals surface area (Å²) in [5.41, 5.74) is 1.33. The second-order valence-corrected chi connectivity index (χ2v) is 4.68. The summed E-state index contributed by atoms with van der Waals surface area (Å²) in [7, 11) is 0. The van der Waals surface area contributed by atoms with Gasteiger partial charge in [-0.15, -0.1) is 11.3 Å². The molecular weight excluding hydrogens is 250 g/mol. The first kappa shape index (κ1) is 12.6. The molecule has 0 saturated carbocycles. The van der Waals surface area contributed by atoms with Crippen molar-refractivity contribution in [1.29, 1.82) is 0 Å². The van der Waals surface area contributed by atoms with Crippen molar-refractivity contribution < 1.29 is 14.6 Å². The second kappa shape index (κ2) is 5.18. The van der Waals surface area contributed by atoms with E-state index in [0.717, 1.165) is 22.6 Å². The van der Waals surface area contributed by atoms with Crippen LogP contribution in [0.2, 0.25) is 0 Å². The van der Waals surface area contributed by atoms with Crippen molar-refractivity contribution >= 4 is 17.3 Å². The molecule has 0 aliphatic rings. The zero-order valence-corrected chi connectivity index (χ0v) is 10.9. The Morgan fingerprint density at radius 2 is 2.28 bits per heavy atom. The molecule has 94 valence electrons. The Morgan fingerprint density at radius 3 is 2.89 bits per heavy atom. The maximum Gasteiger partial charge on any atom is 0.124 e. The SMILES string of the molecule is CCOc1cccc(-c2nc(C)c(C(=O)[O-])s2)c1. The summed E-state index contributed by atoms with van der Waals surface area (Å²) in [5.74, 6) is -0.435. The van der Waals surface area contributed by atoms with Gasteiger partial charge < -0.3 is 14.6 Å². The Kier molecular flexibility index (Phi) is 3.62. The van der Waals surface area contributed by atoms with Gasteiger partial charge in [0.25, 0.3) is 0 Å². The van der Waals surface area contributed by atoms with Gasteiger partial charge in [0.2, 0.25) is 0 Å². The zero-order chi connectivity index (χ0) is 13.1. The fourth-order valence-corrected chi connectivity index (χ4v) is 2.49. The van der Waals surface area contributed by atoms with Crippen LogP contribution in [0.4, 0.5) is 0 Å². The summed E-state index contributed by atoms with van der Waals surface area (Å²) in [4.78, 5) is 15.3. The van der Waals surface area contributed by atoms with E-state index in [9.17, 15) is 9.90 Å². The number of carbonyl (C=O) groups is 1. The fourth-order valence-electron chi connectivity index (χ4n) is 1.59. The topological polar surface area (TPSA) is 62.2 Å². The molecule has 0 atom stereocenters. The largest absolute Gasteiger partial charge is 0.544 e. The third kappa shape index (κ3) is 2.51. The average Bonchev–Trinajstić information content (AvgIpc) is 2.72. The normalized spacial score (nSPS) is 10.3. The Balaban J connectivity index is 2.39. The highest BCUT2D eigenvalue weighted by atomic mass is 32.1. The summed E-state index contributed by atoms with van der Waals surface area (Å²) in [6.07, 6.45) is 0. The predicted molar refractivity (Wildman–Crippen MR) is 67.8 cm³/mol. The maximum atomic E-state index is 10.9. The van der Waals surface area contributed by atoms with Crippen LogP contribution in [0.1, 0.15) is 22.3 Å². The molecule has 18 heavy (non-hydrogen) atoms. The van der Waals surface area contributed by atoms with Crippen molar-refractivity contribution in [3.8, 4) is 16.3 Å². The average molecular weight is 262 g/mol. The van der Waals surface area contributed by atoms with Gasteiger partial charge in [0.1, 0.15) is 10.8 Å². The number of ether oxygens (including phenoxy) is 1. The van der Waals surface area contributed by atoms with Crippen LogP contribution < -0.4 is 9.84 Å². The number of carboxylic acid groups (broad SMARTS) is 1. The van der Waals surface area contributed by atoms with Gasteiger partial charge in [-0.25, -0.2) is 4.98 Å². The molecule has 0 aliphatic heterocycles. The third-order valence-corrected chi connectivity index (χ3v) is 3.56. The van der Waals surface area contributed by atoms with E-state index in [2.05, 4.69) is 4.98 Å². The Hall–Kier alpha value is -1.88. The highest BCUT2D eigenvalue weighted by Gasteiger charge is 2.10. The molecule has 0 radical (unpaired) electrons. The first-order valence-electron chi connectivity index (χ1n) is 5.53. The highest BCUT2D eigenvalue weighted by molar-refractivity contribution is 7.17. The number of aromatic nitrogens is 1. The summed E-state index contributed by atoms with van der Waals surface area (Å²) >= 11 is 1.12. The molecule has 0 fully saturated rings. The van der Waals surface area contributed by atoms with Crippen LogP contribution in [0.25, 0.3) is 10.6 Å². The lowest BCUT2D eigenvalue weighted by Gasteiger charge is -2.03. The van der Waals surface area contributed by atoms with Crippen molar-refractivity contribution in [1.82, 2.24) is 4.98 Å². The molecule has 4 nitrogen and oxygen atoms in total. The second-order valence-electron chi connectivity index (χ2n) is 3.68. The molecule has 0 bridgehead atoms. The van der Waals surface area contributed by atoms with Gasteiger partial charge in [-0.1, -0.05) is 12.1 Å². The van der Waals surface area contributed by atoms with E-state index in [0.29, 0.717) is 17.3 Å². The van der Waals surface area contributed by atoms with E-state index in [1.165, 1.54) is 0 Å². The molecule has 0 aliphatic carbocycles. The number of hydrogen-bond acceptors (Lipinski definition) is 5. The Bertz CT molecular complexity index is 577. The molecule has 2 aromatic rings. The molecule has 1 aromatic heterocycles. The van der Waals surface area contributed by atoms with E-state index >= 15 is 0 Å². The van der Waals surface area contributed by atoms with Crippen LogP contribution in [0, 0.1) is 6.92 Å². The molecule has 2 rings (SSSR count). The van der Waals surface area contributed by atoms with Gasteiger partial charge >= 0.3 is 0 Å². The molecule has 0 amide bonds. The molecule has 0 saturated heterocycles. The Labute approximate surface area is 109 Å². The quantitative estimate of drug-likeness (QED) is 0.844. The van der Waals surface area contributed by atoms with E-state index in [-0.39, 0.29) is 4.88 Å². The molecule has 0 N–H and O–H groups in total. The van der Waals surface area contributed by atoms with Crippen LogP contribution >= 0.6 is 11.3 Å². The van der Waals surface area contributed by atoms with Crippen molar-refractivity contribution in [2.75, 3.05) is 6.61 Å². The summed E-state index contributed by atoms with van der Waals surface area (Å²) in [6.45, 7) is 4.16. The first-order chi connectivity index (χ1) is 8.61. The zero-order valence-electron chi connectivity index (χ0n) is 10.1. The van der Waals surface area contributed by atoms with Gasteiger partial charge in [-0.2, -0.15) is 0 Å². The molecule has 1 aromatic carbocycles. The van der Waals surface area contributed by atoms with Gasteiger partial charge in [0.05, 0.1) is 23.1 Å². The smallest absolute Gasteiger partial charge is 0.124 e. The van der Waals surface area contributed by atoms with Crippen molar-refractivity contribution in [2.24, 2.45) is 0 Å². The number of aryl methyl sites for hydroxylation is 1. The van der Waals surface area contributed by atoms with Crippen molar-refractivity contribution in [3.63, 3.8) is 0 Å². The van der Waals surface area contributed by atoms with Crippen molar-refractivity contribution in [3.05, 3.63) is 34.8 Å². The Morgan fingerprint density at radius 1 is 1.50 bits per heavy atom. The number of hydrogen-bond donors (Lipinski definition) is 0. The molecular formula is C13H12NO3S-. The number of carbonyl (C=O) groups excluding carboxylic acids is 1. The minimum absolute atomic E-state index is 0.173. The lowest BCUT2D eigenvalue weighted by atomic mass is 10.2. The van der Waals surface area contributed by atoms with Crippen LogP contribution in [0.15, 0.2) is 24.3 Å². The van der Waals surface area contributed by atoms with Gasteiger partial charge in [0.15, 0.2) is 0 Å². The number of thiazole rings is 1. The van der Waals surface area contributed by atoms with E-state index in [4.69, 9.17) is 4.74 Å². The molecule has 5 heteroatoms. The monoisotopic (exact) mass is 262 g/mol. The van der Waals surface area contributed by atoms with E-state index < -0.39 is 5.97 Å². The summed E-state index contributed by atoms with van der Waals surface area (Å²) < 4.78 is 5.40. The standard InChI is InChI=1S/C13H13NO3S/c1-3-17-10-6-4-5-9(7-10)12-14-8(2)11(18-12)13(15)16/h4-7H,3H2,1-2H3,(H,15,16)/p-1. The number of nitrogens with zero attached hydrogens (tertiary/aromatic N) is 1. The molecule has 0 spiro atoms.